The molecule has 0 atom stereocenters. The van der Waals surface area contributed by atoms with Crippen molar-refractivity contribution in [2.45, 2.75) is 26.2 Å². The van der Waals surface area contributed by atoms with E-state index in [-0.39, 0.29) is 0 Å². The minimum absolute atomic E-state index is 0.851. The van der Waals surface area contributed by atoms with Gasteiger partial charge in [0.15, 0.2) is 0 Å². The second-order valence-electron chi connectivity index (χ2n) is 5.55. The van der Waals surface area contributed by atoms with Crippen LogP contribution in [0.3, 0.4) is 0 Å². The van der Waals surface area contributed by atoms with Crippen molar-refractivity contribution in [1.29, 1.82) is 0 Å². The lowest BCUT2D eigenvalue weighted by atomic mass is 9.94. The second kappa shape index (κ2) is 6.10. The summed E-state index contributed by atoms with van der Waals surface area (Å²) in [6.07, 6.45) is 3.92. The third kappa shape index (κ3) is 3.64. The lowest BCUT2D eigenvalue weighted by Gasteiger charge is -2.29. The van der Waals surface area contributed by atoms with Gasteiger partial charge in [0.2, 0.25) is 0 Å². The number of nitrogens with zero attached hydrogens (tertiary/aromatic N) is 1. The molecular weight excluding hydrogens is 222 g/mol. The summed E-state index contributed by atoms with van der Waals surface area (Å²) in [4.78, 5) is 2.42. The molecule has 18 heavy (non-hydrogen) atoms. The van der Waals surface area contributed by atoms with E-state index in [4.69, 9.17) is 5.73 Å². The minimum atomic E-state index is 0.851. The molecule has 0 spiro atoms. The van der Waals surface area contributed by atoms with Crippen molar-refractivity contribution >= 4 is 11.4 Å². The van der Waals surface area contributed by atoms with Crippen LogP contribution in [0.4, 0.5) is 11.4 Å². The summed E-state index contributed by atoms with van der Waals surface area (Å²) in [5.41, 5.74) is 9.15. The van der Waals surface area contributed by atoms with E-state index in [0.717, 1.165) is 23.8 Å². The molecule has 0 radical (unpaired) electrons. The molecule has 1 aliphatic heterocycles. The monoisotopic (exact) mass is 247 g/mol. The Morgan fingerprint density at radius 1 is 1.33 bits per heavy atom. The first-order valence-electron chi connectivity index (χ1n) is 6.93. The van der Waals surface area contributed by atoms with E-state index in [2.05, 4.69) is 36.3 Å². The van der Waals surface area contributed by atoms with Gasteiger partial charge in [-0.3, -0.25) is 0 Å². The molecule has 0 unspecified atom stereocenters. The first kappa shape index (κ1) is 13.2. The van der Waals surface area contributed by atoms with Gasteiger partial charge in [-0.2, -0.15) is 0 Å². The molecule has 1 aromatic rings. The highest BCUT2D eigenvalue weighted by molar-refractivity contribution is 5.66. The minimum Gasteiger partial charge on any atom is -0.397 e. The number of benzene rings is 1. The summed E-state index contributed by atoms with van der Waals surface area (Å²) in [6.45, 7) is 5.62. The molecule has 1 aliphatic rings. The van der Waals surface area contributed by atoms with Crippen molar-refractivity contribution in [2.24, 2.45) is 5.92 Å². The molecule has 0 aliphatic carbocycles. The van der Waals surface area contributed by atoms with Crippen molar-refractivity contribution in [1.82, 2.24) is 4.90 Å². The zero-order chi connectivity index (χ0) is 13.0. The Morgan fingerprint density at radius 3 is 2.78 bits per heavy atom. The molecule has 0 bridgehead atoms. The molecule has 1 heterocycles. The molecule has 1 aromatic carbocycles. The van der Waals surface area contributed by atoms with Gasteiger partial charge in [-0.05, 0) is 69.9 Å². The number of nitrogens with one attached hydrogen (secondary N) is 1. The molecule has 1 saturated heterocycles. The van der Waals surface area contributed by atoms with Crippen LogP contribution in [-0.4, -0.2) is 31.6 Å². The first-order valence-corrected chi connectivity index (χ1v) is 6.93. The van der Waals surface area contributed by atoms with E-state index < -0.39 is 0 Å². The largest absolute Gasteiger partial charge is 0.397 e. The van der Waals surface area contributed by atoms with Crippen LogP contribution >= 0.6 is 0 Å². The molecule has 100 valence electrons. The van der Waals surface area contributed by atoms with Gasteiger partial charge < -0.3 is 16.0 Å². The van der Waals surface area contributed by atoms with Crippen molar-refractivity contribution in [2.75, 3.05) is 37.7 Å². The smallest absolute Gasteiger partial charge is 0.0576 e. The van der Waals surface area contributed by atoms with Gasteiger partial charge in [0, 0.05) is 6.54 Å². The van der Waals surface area contributed by atoms with Crippen molar-refractivity contribution in [3.05, 3.63) is 23.8 Å². The summed E-state index contributed by atoms with van der Waals surface area (Å²) in [5.74, 6) is 0.875. The summed E-state index contributed by atoms with van der Waals surface area (Å²) >= 11 is 0. The summed E-state index contributed by atoms with van der Waals surface area (Å²) in [7, 11) is 2.21. The zero-order valence-electron chi connectivity index (χ0n) is 11.6. The lowest BCUT2D eigenvalue weighted by Crippen LogP contribution is -2.30. The number of nitrogen functional groups attached to an aromatic ring is 1. The van der Waals surface area contributed by atoms with E-state index in [9.17, 15) is 0 Å². The quantitative estimate of drug-likeness (QED) is 0.804. The number of aryl methyl sites for hydroxylation is 1. The fourth-order valence-corrected chi connectivity index (χ4v) is 2.58. The van der Waals surface area contributed by atoms with Crippen molar-refractivity contribution in [3.63, 3.8) is 0 Å². The van der Waals surface area contributed by atoms with Gasteiger partial charge in [-0.25, -0.2) is 0 Å². The Morgan fingerprint density at radius 2 is 2.06 bits per heavy atom. The Bertz CT molecular complexity index is 381. The number of nitrogens with two attached hydrogens (primary N) is 1. The maximum Gasteiger partial charge on any atom is 0.0576 e. The van der Waals surface area contributed by atoms with Crippen LogP contribution in [0, 0.1) is 12.8 Å². The van der Waals surface area contributed by atoms with Gasteiger partial charge in [-0.15, -0.1) is 0 Å². The molecule has 3 N–H and O–H groups in total. The van der Waals surface area contributed by atoms with E-state index in [1.54, 1.807) is 0 Å². The van der Waals surface area contributed by atoms with Gasteiger partial charge in [0.05, 0.1) is 11.4 Å². The third-order valence-electron chi connectivity index (χ3n) is 3.91. The van der Waals surface area contributed by atoms with Crippen LogP contribution < -0.4 is 11.1 Å². The summed E-state index contributed by atoms with van der Waals surface area (Å²) in [5, 5.41) is 3.47. The van der Waals surface area contributed by atoms with Gasteiger partial charge in [0.25, 0.3) is 0 Å². The molecule has 3 nitrogen and oxygen atoms in total. The topological polar surface area (TPSA) is 41.3 Å². The predicted molar refractivity (Wildman–Crippen MR) is 78.9 cm³/mol. The number of hydrogen-bond acceptors (Lipinski definition) is 3. The zero-order valence-corrected chi connectivity index (χ0v) is 11.6. The van der Waals surface area contributed by atoms with Crippen LogP contribution in [0.1, 0.15) is 24.8 Å². The Hall–Kier alpha value is -1.22. The van der Waals surface area contributed by atoms with Crippen LogP contribution in [0.15, 0.2) is 18.2 Å². The highest BCUT2D eigenvalue weighted by Gasteiger charge is 2.15. The van der Waals surface area contributed by atoms with Crippen LogP contribution in [-0.2, 0) is 0 Å². The Labute approximate surface area is 110 Å². The number of rotatable bonds is 4. The number of likely N-dealkylation sites (tertiary alicyclic amines) is 1. The Balaban J connectivity index is 1.76. The summed E-state index contributed by atoms with van der Waals surface area (Å²) < 4.78 is 0. The maximum absolute atomic E-state index is 5.96. The van der Waals surface area contributed by atoms with Gasteiger partial charge in [-0.1, -0.05) is 6.07 Å². The summed E-state index contributed by atoms with van der Waals surface area (Å²) in [6, 6.07) is 6.16. The second-order valence-corrected chi connectivity index (χ2v) is 5.55. The maximum atomic E-state index is 5.96. The van der Waals surface area contributed by atoms with Crippen LogP contribution in [0.25, 0.3) is 0 Å². The van der Waals surface area contributed by atoms with E-state index in [0.29, 0.717) is 0 Å². The first-order chi connectivity index (χ1) is 8.65. The highest BCUT2D eigenvalue weighted by Crippen LogP contribution is 2.22. The predicted octanol–water partition coefficient (Wildman–Crippen LogP) is 2.72. The Kier molecular flexibility index (Phi) is 4.48. The molecular formula is C15H25N3. The molecule has 0 aromatic heterocycles. The number of anilines is 2. The number of hydrogen-bond donors (Lipinski definition) is 2. The van der Waals surface area contributed by atoms with Crippen LogP contribution in [0.2, 0.25) is 0 Å². The highest BCUT2D eigenvalue weighted by atomic mass is 15.1. The SMILES string of the molecule is Cc1ccc(N)c(NCCC2CCN(C)CC2)c1. The van der Waals surface area contributed by atoms with Crippen LogP contribution in [0.5, 0.6) is 0 Å². The van der Waals surface area contributed by atoms with E-state index in [1.165, 1.54) is 37.9 Å². The fraction of sp³-hybridized carbons (Fsp3) is 0.600. The third-order valence-corrected chi connectivity index (χ3v) is 3.91. The normalized spacial score (nSPS) is 17.9. The molecule has 0 amide bonds. The van der Waals surface area contributed by atoms with E-state index >= 15 is 0 Å². The van der Waals surface area contributed by atoms with Gasteiger partial charge >= 0.3 is 0 Å². The standard InChI is InChI=1S/C15H25N3/c1-12-3-4-14(16)15(11-12)17-8-5-13-6-9-18(2)10-7-13/h3-4,11,13,17H,5-10,16H2,1-2H3. The van der Waals surface area contributed by atoms with E-state index in [1.807, 2.05) is 6.07 Å². The average Bonchev–Trinajstić information content (AvgIpc) is 2.36. The molecule has 0 saturated carbocycles. The van der Waals surface area contributed by atoms with Crippen molar-refractivity contribution in [3.8, 4) is 0 Å². The fourth-order valence-electron chi connectivity index (χ4n) is 2.58. The molecule has 2 rings (SSSR count). The molecule has 1 fully saturated rings. The van der Waals surface area contributed by atoms with Crippen molar-refractivity contribution < 1.29 is 0 Å². The number of piperidine rings is 1. The average molecular weight is 247 g/mol. The van der Waals surface area contributed by atoms with Gasteiger partial charge in [0.1, 0.15) is 0 Å². The molecule has 3 heteroatoms. The lowest BCUT2D eigenvalue weighted by molar-refractivity contribution is 0.215.